The molecule has 0 amide bonds. The molecule has 14 heavy (non-hydrogen) atoms. The van der Waals surface area contributed by atoms with Gasteiger partial charge in [-0.15, -0.1) is 0 Å². The van der Waals surface area contributed by atoms with Gasteiger partial charge in [0.15, 0.2) is 0 Å². The summed E-state index contributed by atoms with van der Waals surface area (Å²) in [5.41, 5.74) is -0.397. The zero-order chi connectivity index (χ0) is 10.3. The number of hydrogen-bond acceptors (Lipinski definition) is 2. The normalized spacial score (nSPS) is 43.3. The summed E-state index contributed by atoms with van der Waals surface area (Å²) in [4.78, 5) is 2.46. The molecule has 0 spiro atoms. The lowest BCUT2D eigenvalue weighted by molar-refractivity contribution is -0.112. The van der Waals surface area contributed by atoms with Crippen molar-refractivity contribution in [1.82, 2.24) is 4.90 Å². The third kappa shape index (κ3) is 1.96. The molecule has 0 aromatic heterocycles. The second-order valence-electron chi connectivity index (χ2n) is 5.82. The van der Waals surface area contributed by atoms with Crippen LogP contribution in [0.3, 0.4) is 0 Å². The van der Waals surface area contributed by atoms with E-state index in [9.17, 15) is 5.11 Å². The lowest BCUT2D eigenvalue weighted by Gasteiger charge is -2.51. The van der Waals surface area contributed by atoms with Crippen LogP contribution >= 0.6 is 0 Å². The van der Waals surface area contributed by atoms with Gasteiger partial charge in [-0.1, -0.05) is 13.8 Å². The minimum Gasteiger partial charge on any atom is -0.388 e. The SMILES string of the molecule is CC1CCC(N2CC(C)(O)C2)CC1C. The van der Waals surface area contributed by atoms with Gasteiger partial charge in [-0.2, -0.15) is 0 Å². The highest BCUT2D eigenvalue weighted by molar-refractivity contribution is 4.96. The molecular weight excluding hydrogens is 174 g/mol. The van der Waals surface area contributed by atoms with Crippen molar-refractivity contribution >= 4 is 0 Å². The average Bonchev–Trinajstić information content (AvgIpc) is 2.06. The topological polar surface area (TPSA) is 23.5 Å². The summed E-state index contributed by atoms with van der Waals surface area (Å²) >= 11 is 0. The molecule has 0 bridgehead atoms. The molecule has 3 unspecified atom stereocenters. The molecule has 1 saturated carbocycles. The van der Waals surface area contributed by atoms with Gasteiger partial charge in [-0.05, 0) is 38.0 Å². The van der Waals surface area contributed by atoms with Crippen molar-refractivity contribution < 1.29 is 5.11 Å². The summed E-state index contributed by atoms with van der Waals surface area (Å²) in [5.74, 6) is 1.76. The van der Waals surface area contributed by atoms with Gasteiger partial charge in [0.05, 0.1) is 5.60 Å². The number of β-amino-alcohol motifs (C(OH)–C–C–N with tert-alkyl or cyclic N) is 1. The van der Waals surface area contributed by atoms with Crippen LogP contribution in [0, 0.1) is 11.8 Å². The zero-order valence-corrected chi connectivity index (χ0v) is 9.66. The van der Waals surface area contributed by atoms with Crippen LogP contribution in [0.1, 0.15) is 40.0 Å². The first-order valence-electron chi connectivity index (χ1n) is 5.94. The van der Waals surface area contributed by atoms with Crippen molar-refractivity contribution in [2.75, 3.05) is 13.1 Å². The molecule has 0 radical (unpaired) electrons. The number of aliphatic hydroxyl groups is 1. The van der Waals surface area contributed by atoms with E-state index in [1.165, 1.54) is 19.3 Å². The minimum absolute atomic E-state index is 0.397. The Hall–Kier alpha value is -0.0800. The van der Waals surface area contributed by atoms with Gasteiger partial charge in [-0.25, -0.2) is 0 Å². The molecule has 1 aliphatic carbocycles. The molecule has 2 fully saturated rings. The van der Waals surface area contributed by atoms with Crippen LogP contribution in [0.2, 0.25) is 0 Å². The molecule has 0 aromatic rings. The molecule has 1 aliphatic heterocycles. The largest absolute Gasteiger partial charge is 0.388 e. The van der Waals surface area contributed by atoms with Crippen molar-refractivity contribution in [2.24, 2.45) is 11.8 Å². The highest BCUT2D eigenvalue weighted by Gasteiger charge is 2.41. The van der Waals surface area contributed by atoms with E-state index < -0.39 is 5.60 Å². The van der Waals surface area contributed by atoms with E-state index in [1.54, 1.807) is 0 Å². The molecule has 1 heterocycles. The van der Waals surface area contributed by atoms with E-state index in [1.807, 2.05) is 6.92 Å². The summed E-state index contributed by atoms with van der Waals surface area (Å²) in [6.07, 6.45) is 4.03. The summed E-state index contributed by atoms with van der Waals surface area (Å²) in [7, 11) is 0. The van der Waals surface area contributed by atoms with Gasteiger partial charge < -0.3 is 5.11 Å². The smallest absolute Gasteiger partial charge is 0.0872 e. The van der Waals surface area contributed by atoms with E-state index in [-0.39, 0.29) is 0 Å². The quantitative estimate of drug-likeness (QED) is 0.694. The Morgan fingerprint density at radius 2 is 1.79 bits per heavy atom. The monoisotopic (exact) mass is 197 g/mol. The second kappa shape index (κ2) is 3.49. The lowest BCUT2D eigenvalue weighted by Crippen LogP contribution is -2.63. The number of likely N-dealkylation sites (tertiary alicyclic amines) is 1. The molecule has 1 N–H and O–H groups in total. The third-order valence-electron chi connectivity index (χ3n) is 4.17. The number of rotatable bonds is 1. The van der Waals surface area contributed by atoms with Gasteiger partial charge in [0.25, 0.3) is 0 Å². The number of hydrogen-bond donors (Lipinski definition) is 1. The van der Waals surface area contributed by atoms with Gasteiger partial charge in [0, 0.05) is 19.1 Å². The van der Waals surface area contributed by atoms with Crippen LogP contribution in [-0.2, 0) is 0 Å². The summed E-state index contributed by atoms with van der Waals surface area (Å²) in [5, 5.41) is 9.69. The summed E-state index contributed by atoms with van der Waals surface area (Å²) in [6, 6.07) is 0.751. The van der Waals surface area contributed by atoms with Crippen molar-refractivity contribution in [3.63, 3.8) is 0 Å². The first-order chi connectivity index (χ1) is 6.48. The highest BCUT2D eigenvalue weighted by Crippen LogP contribution is 2.35. The maximum atomic E-state index is 9.69. The maximum Gasteiger partial charge on any atom is 0.0872 e. The molecule has 2 aliphatic rings. The lowest BCUT2D eigenvalue weighted by atomic mass is 9.77. The predicted molar refractivity (Wildman–Crippen MR) is 58.2 cm³/mol. The Morgan fingerprint density at radius 3 is 2.29 bits per heavy atom. The fourth-order valence-electron chi connectivity index (χ4n) is 2.94. The molecule has 0 aromatic carbocycles. The van der Waals surface area contributed by atoms with E-state index in [0.717, 1.165) is 31.0 Å². The average molecular weight is 197 g/mol. The fourth-order valence-corrected chi connectivity index (χ4v) is 2.94. The van der Waals surface area contributed by atoms with Gasteiger partial charge >= 0.3 is 0 Å². The van der Waals surface area contributed by atoms with Crippen LogP contribution in [0.15, 0.2) is 0 Å². The highest BCUT2D eigenvalue weighted by atomic mass is 16.3. The maximum absolute atomic E-state index is 9.69. The second-order valence-corrected chi connectivity index (χ2v) is 5.82. The van der Waals surface area contributed by atoms with Crippen molar-refractivity contribution in [3.05, 3.63) is 0 Å². The van der Waals surface area contributed by atoms with Crippen LogP contribution in [-0.4, -0.2) is 34.7 Å². The summed E-state index contributed by atoms with van der Waals surface area (Å²) in [6.45, 7) is 8.46. The predicted octanol–water partition coefficient (Wildman–Crippen LogP) is 1.88. The van der Waals surface area contributed by atoms with Crippen molar-refractivity contribution in [2.45, 2.75) is 51.7 Å². The van der Waals surface area contributed by atoms with Crippen molar-refractivity contribution in [1.29, 1.82) is 0 Å². The molecule has 82 valence electrons. The first-order valence-corrected chi connectivity index (χ1v) is 5.94. The van der Waals surface area contributed by atoms with Crippen LogP contribution in [0.4, 0.5) is 0 Å². The molecule has 1 saturated heterocycles. The molecule has 2 rings (SSSR count). The van der Waals surface area contributed by atoms with E-state index in [2.05, 4.69) is 18.7 Å². The fraction of sp³-hybridized carbons (Fsp3) is 1.00. The first kappa shape index (κ1) is 10.4. The molecule has 2 nitrogen and oxygen atoms in total. The minimum atomic E-state index is -0.397. The zero-order valence-electron chi connectivity index (χ0n) is 9.66. The molecule has 3 atom stereocenters. The molecule has 2 heteroatoms. The van der Waals surface area contributed by atoms with Crippen LogP contribution in [0.25, 0.3) is 0 Å². The summed E-state index contributed by atoms with van der Waals surface area (Å²) < 4.78 is 0. The van der Waals surface area contributed by atoms with Gasteiger partial charge in [0.1, 0.15) is 0 Å². The molecular formula is C12H23NO. The van der Waals surface area contributed by atoms with E-state index >= 15 is 0 Å². The third-order valence-corrected chi connectivity index (χ3v) is 4.17. The number of nitrogens with zero attached hydrogens (tertiary/aromatic N) is 1. The Balaban J connectivity index is 1.83. The van der Waals surface area contributed by atoms with Gasteiger partial charge in [-0.3, -0.25) is 4.90 Å². The van der Waals surface area contributed by atoms with Crippen molar-refractivity contribution in [3.8, 4) is 0 Å². The Kier molecular flexibility index (Phi) is 2.61. The van der Waals surface area contributed by atoms with Crippen LogP contribution in [0.5, 0.6) is 0 Å². The van der Waals surface area contributed by atoms with Gasteiger partial charge in [0.2, 0.25) is 0 Å². The Morgan fingerprint density at radius 1 is 1.14 bits per heavy atom. The van der Waals surface area contributed by atoms with Crippen LogP contribution < -0.4 is 0 Å². The van der Waals surface area contributed by atoms with E-state index in [0.29, 0.717) is 0 Å². The Bertz CT molecular complexity index is 206. The standard InChI is InChI=1S/C12H23NO/c1-9-4-5-11(6-10(9)2)13-7-12(3,14)8-13/h9-11,14H,4-8H2,1-3H3. The van der Waals surface area contributed by atoms with E-state index in [4.69, 9.17) is 0 Å². The Labute approximate surface area is 87.3 Å².